The van der Waals surface area contributed by atoms with Gasteiger partial charge in [0.25, 0.3) is 5.78 Å². The molecule has 6 nitrogen and oxygen atoms in total. The lowest BCUT2D eigenvalue weighted by Crippen LogP contribution is -2.20. The van der Waals surface area contributed by atoms with Crippen LogP contribution in [0.5, 0.6) is 5.75 Å². The summed E-state index contributed by atoms with van der Waals surface area (Å²) in [7, 11) is 0. The summed E-state index contributed by atoms with van der Waals surface area (Å²) in [5.41, 5.74) is 1.97. The topological polar surface area (TPSA) is 55.5 Å². The van der Waals surface area contributed by atoms with E-state index in [4.69, 9.17) is 9.72 Å². The first-order valence-corrected chi connectivity index (χ1v) is 10.3. The monoisotopic (exact) mass is 415 g/mol. The number of para-hydroxylation sites is 2. The lowest BCUT2D eigenvalue weighted by Gasteiger charge is -2.25. The fourth-order valence-corrected chi connectivity index (χ4v) is 3.74. The average molecular weight is 415 g/mol. The molecule has 31 heavy (non-hydrogen) atoms. The van der Waals surface area contributed by atoms with Crippen molar-refractivity contribution < 1.29 is 9.13 Å². The van der Waals surface area contributed by atoms with Gasteiger partial charge in [0.15, 0.2) is 5.75 Å². The van der Waals surface area contributed by atoms with Crippen molar-refractivity contribution >= 4 is 28.2 Å². The molecule has 0 amide bonds. The number of rotatable bonds is 1. The number of hydrogen-bond donors (Lipinski definition) is 0. The second-order valence-corrected chi connectivity index (χ2v) is 8.58. The maximum absolute atomic E-state index is 14.8. The molecule has 5 rings (SSSR count). The smallest absolute Gasteiger partial charge is 0.257 e. The molecular weight excluding hydrogens is 393 g/mol. The van der Waals surface area contributed by atoms with Gasteiger partial charge in [-0.05, 0) is 51.5 Å². The summed E-state index contributed by atoms with van der Waals surface area (Å²) in [5.74, 6) is 7.92. The van der Waals surface area contributed by atoms with Crippen LogP contribution in [0.3, 0.4) is 0 Å². The molecule has 0 bridgehead atoms. The molecule has 0 atom stereocenters. The Kier molecular flexibility index (Phi) is 4.51. The Labute approximate surface area is 179 Å². The number of benzene rings is 2. The van der Waals surface area contributed by atoms with E-state index in [9.17, 15) is 4.39 Å². The van der Waals surface area contributed by atoms with Crippen molar-refractivity contribution in [2.45, 2.75) is 27.2 Å². The highest BCUT2D eigenvalue weighted by Crippen LogP contribution is 2.40. The predicted octanol–water partition coefficient (Wildman–Crippen LogP) is 4.73. The average Bonchev–Trinajstić information content (AvgIpc) is 3.10. The quantitative estimate of drug-likeness (QED) is 0.421. The van der Waals surface area contributed by atoms with Crippen LogP contribution in [0.2, 0.25) is 0 Å². The molecule has 0 saturated heterocycles. The molecule has 0 spiro atoms. The summed E-state index contributed by atoms with van der Waals surface area (Å²) in [6, 6.07) is 10.9. The minimum atomic E-state index is -0.345. The molecule has 1 aliphatic rings. The van der Waals surface area contributed by atoms with Crippen molar-refractivity contribution in [2.75, 3.05) is 18.1 Å². The Balaban J connectivity index is 1.75. The SMILES string of the molecule is CC(C)(C)C#Cc1cccc2c1OCCCN2c1nc2nncn2c2c(F)cccc12. The molecule has 0 unspecified atom stereocenters. The molecule has 1 aliphatic heterocycles. The van der Waals surface area contributed by atoms with Crippen molar-refractivity contribution in [1.29, 1.82) is 0 Å². The first kappa shape index (κ1) is 19.3. The molecule has 0 N–H and O–H groups in total. The third kappa shape index (κ3) is 3.44. The third-order valence-corrected chi connectivity index (χ3v) is 5.09. The second-order valence-electron chi connectivity index (χ2n) is 8.58. The van der Waals surface area contributed by atoms with Crippen LogP contribution < -0.4 is 9.64 Å². The maximum Gasteiger partial charge on any atom is 0.257 e. The summed E-state index contributed by atoms with van der Waals surface area (Å²) < 4.78 is 22.5. The first-order valence-electron chi connectivity index (χ1n) is 10.3. The van der Waals surface area contributed by atoms with Gasteiger partial charge >= 0.3 is 0 Å². The van der Waals surface area contributed by atoms with Crippen molar-refractivity contribution in [3.8, 4) is 17.6 Å². The van der Waals surface area contributed by atoms with Crippen LogP contribution >= 0.6 is 0 Å². The van der Waals surface area contributed by atoms with Crippen molar-refractivity contribution in [1.82, 2.24) is 19.6 Å². The number of halogens is 1. The van der Waals surface area contributed by atoms with Gasteiger partial charge in [-0.2, -0.15) is 4.98 Å². The molecule has 3 heterocycles. The zero-order chi connectivity index (χ0) is 21.6. The van der Waals surface area contributed by atoms with Gasteiger partial charge in [0.2, 0.25) is 0 Å². The van der Waals surface area contributed by atoms with Crippen LogP contribution in [0.25, 0.3) is 16.7 Å². The lowest BCUT2D eigenvalue weighted by molar-refractivity contribution is 0.322. The highest BCUT2D eigenvalue weighted by molar-refractivity contribution is 5.94. The van der Waals surface area contributed by atoms with Gasteiger partial charge < -0.3 is 9.64 Å². The zero-order valence-electron chi connectivity index (χ0n) is 17.7. The van der Waals surface area contributed by atoms with E-state index in [0.29, 0.717) is 35.7 Å². The number of nitrogens with zero attached hydrogens (tertiary/aromatic N) is 5. The fraction of sp³-hybridized carbons (Fsp3) is 0.292. The van der Waals surface area contributed by atoms with Gasteiger partial charge in [0, 0.05) is 17.3 Å². The molecule has 2 aromatic heterocycles. The molecular formula is C24H22FN5O. The summed E-state index contributed by atoms with van der Waals surface area (Å²) >= 11 is 0. The van der Waals surface area contributed by atoms with E-state index in [-0.39, 0.29) is 11.2 Å². The largest absolute Gasteiger partial charge is 0.490 e. The van der Waals surface area contributed by atoms with Crippen LogP contribution in [0.15, 0.2) is 42.7 Å². The fourth-order valence-electron chi connectivity index (χ4n) is 3.74. The zero-order valence-corrected chi connectivity index (χ0v) is 17.7. The lowest BCUT2D eigenvalue weighted by atomic mass is 9.97. The van der Waals surface area contributed by atoms with Crippen LogP contribution in [0.4, 0.5) is 15.9 Å². The van der Waals surface area contributed by atoms with E-state index in [0.717, 1.165) is 23.4 Å². The number of ether oxygens (including phenoxy) is 1. The van der Waals surface area contributed by atoms with Gasteiger partial charge in [0.1, 0.15) is 18.0 Å². The predicted molar refractivity (Wildman–Crippen MR) is 118 cm³/mol. The standard InChI is InChI=1S/C24H22FN5O/c1-24(2,3)12-11-16-7-4-10-19-21(16)31-14-6-13-29(19)22-17-8-5-9-18(25)20(17)30-15-26-28-23(30)27-22/h4-5,7-10,15H,6,13-14H2,1-3H3. The minimum Gasteiger partial charge on any atom is -0.490 e. The first-order chi connectivity index (χ1) is 14.9. The molecule has 156 valence electrons. The van der Waals surface area contributed by atoms with E-state index in [2.05, 4.69) is 47.7 Å². The maximum atomic E-state index is 14.8. The Morgan fingerprint density at radius 3 is 2.81 bits per heavy atom. The van der Waals surface area contributed by atoms with E-state index in [1.54, 1.807) is 10.5 Å². The van der Waals surface area contributed by atoms with E-state index in [1.807, 2.05) is 24.3 Å². The molecule has 2 aromatic carbocycles. The Hall–Kier alpha value is -3.66. The van der Waals surface area contributed by atoms with E-state index < -0.39 is 0 Å². The molecule has 4 aromatic rings. The van der Waals surface area contributed by atoms with Gasteiger partial charge in [-0.25, -0.2) is 4.39 Å². The number of fused-ring (bicyclic) bond motifs is 4. The van der Waals surface area contributed by atoms with Crippen LogP contribution in [0, 0.1) is 23.1 Å². The highest BCUT2D eigenvalue weighted by Gasteiger charge is 2.24. The summed E-state index contributed by atoms with van der Waals surface area (Å²) in [6.45, 7) is 7.47. The Morgan fingerprint density at radius 1 is 1.13 bits per heavy atom. The molecule has 7 heteroatoms. The van der Waals surface area contributed by atoms with E-state index >= 15 is 0 Å². The van der Waals surface area contributed by atoms with Gasteiger partial charge in [-0.1, -0.05) is 24.0 Å². The summed E-state index contributed by atoms with van der Waals surface area (Å²) in [6.07, 6.45) is 2.27. The highest BCUT2D eigenvalue weighted by atomic mass is 19.1. The minimum absolute atomic E-state index is 0.124. The van der Waals surface area contributed by atoms with E-state index in [1.165, 1.54) is 12.4 Å². The number of anilines is 2. The second kappa shape index (κ2) is 7.24. The Bertz CT molecular complexity index is 1360. The van der Waals surface area contributed by atoms with Gasteiger partial charge in [0.05, 0.1) is 23.4 Å². The summed E-state index contributed by atoms with van der Waals surface area (Å²) in [5, 5.41) is 8.69. The van der Waals surface area contributed by atoms with Crippen LogP contribution in [0.1, 0.15) is 32.8 Å². The van der Waals surface area contributed by atoms with Crippen molar-refractivity contribution in [2.24, 2.45) is 5.41 Å². The van der Waals surface area contributed by atoms with Gasteiger partial charge in [-0.15, -0.1) is 10.2 Å². The molecule has 0 aliphatic carbocycles. The summed E-state index contributed by atoms with van der Waals surface area (Å²) in [4.78, 5) is 6.81. The number of hydrogen-bond acceptors (Lipinski definition) is 5. The van der Waals surface area contributed by atoms with Crippen LogP contribution in [-0.2, 0) is 0 Å². The molecule has 0 radical (unpaired) electrons. The molecule has 0 fully saturated rings. The van der Waals surface area contributed by atoms with Crippen molar-refractivity contribution in [3.63, 3.8) is 0 Å². The third-order valence-electron chi connectivity index (χ3n) is 5.09. The normalized spacial score (nSPS) is 14.0. The van der Waals surface area contributed by atoms with Gasteiger partial charge in [-0.3, -0.25) is 4.40 Å². The number of aromatic nitrogens is 4. The van der Waals surface area contributed by atoms with Crippen LogP contribution in [-0.4, -0.2) is 32.7 Å². The van der Waals surface area contributed by atoms with Crippen molar-refractivity contribution in [3.05, 3.63) is 54.1 Å². The molecule has 0 saturated carbocycles. The Morgan fingerprint density at radius 2 is 1.97 bits per heavy atom.